The van der Waals surface area contributed by atoms with Crippen LogP contribution in [0.4, 0.5) is 24.7 Å². The number of alkyl halides is 3. The Bertz CT molecular complexity index is 614. The lowest BCUT2D eigenvalue weighted by molar-refractivity contribution is -0.137. The molecule has 2 rings (SSSR count). The van der Waals surface area contributed by atoms with Crippen molar-refractivity contribution in [2.75, 3.05) is 11.1 Å². The smallest absolute Gasteiger partial charge is 0.382 e. The molecule has 20 heavy (non-hydrogen) atoms. The van der Waals surface area contributed by atoms with Gasteiger partial charge in [0.1, 0.15) is 5.82 Å². The van der Waals surface area contributed by atoms with Crippen molar-refractivity contribution in [3.8, 4) is 0 Å². The van der Waals surface area contributed by atoms with Crippen molar-refractivity contribution in [2.45, 2.75) is 12.7 Å². The minimum absolute atomic E-state index is 0.00468. The molecular weight excluding hydrogens is 291 g/mol. The minimum atomic E-state index is -4.46. The van der Waals surface area contributed by atoms with E-state index in [4.69, 9.17) is 17.3 Å². The second kappa shape index (κ2) is 5.58. The monoisotopic (exact) mass is 301 g/mol. The largest absolute Gasteiger partial charge is 0.417 e. The molecule has 2 aromatic rings. The van der Waals surface area contributed by atoms with Gasteiger partial charge in [0.2, 0.25) is 0 Å². The van der Waals surface area contributed by atoms with Crippen LogP contribution >= 0.6 is 11.6 Å². The zero-order valence-corrected chi connectivity index (χ0v) is 11.0. The number of halogens is 4. The van der Waals surface area contributed by atoms with Gasteiger partial charge in [0, 0.05) is 17.8 Å². The van der Waals surface area contributed by atoms with Gasteiger partial charge in [-0.1, -0.05) is 29.8 Å². The topological polar surface area (TPSA) is 50.9 Å². The van der Waals surface area contributed by atoms with Crippen molar-refractivity contribution in [1.82, 2.24) is 4.98 Å². The number of rotatable bonds is 3. The normalized spacial score (nSPS) is 11.4. The van der Waals surface area contributed by atoms with E-state index in [1.807, 2.05) is 0 Å². The third-order valence-electron chi connectivity index (χ3n) is 2.67. The Labute approximate surface area is 118 Å². The third kappa shape index (κ3) is 3.33. The van der Waals surface area contributed by atoms with Gasteiger partial charge in [-0.15, -0.1) is 0 Å². The maximum atomic E-state index is 12.6. The third-order valence-corrected chi connectivity index (χ3v) is 3.04. The van der Waals surface area contributed by atoms with E-state index in [1.54, 1.807) is 24.3 Å². The van der Waals surface area contributed by atoms with Gasteiger partial charge >= 0.3 is 6.18 Å². The lowest BCUT2D eigenvalue weighted by atomic mass is 10.2. The molecule has 3 N–H and O–H groups in total. The number of aromatic nitrogens is 1. The first kappa shape index (κ1) is 14.5. The molecule has 1 heterocycles. The molecule has 0 saturated heterocycles. The maximum absolute atomic E-state index is 12.6. The molecule has 0 bridgehead atoms. The molecule has 106 valence electrons. The highest BCUT2D eigenvalue weighted by atomic mass is 35.5. The fourth-order valence-corrected chi connectivity index (χ4v) is 1.81. The summed E-state index contributed by atoms with van der Waals surface area (Å²) in [6, 6.07) is 7.96. The van der Waals surface area contributed by atoms with E-state index in [1.165, 1.54) is 0 Å². The van der Waals surface area contributed by atoms with Crippen molar-refractivity contribution in [3.05, 3.63) is 52.7 Å². The van der Waals surface area contributed by atoms with Gasteiger partial charge in [-0.05, 0) is 17.7 Å². The molecule has 3 nitrogen and oxygen atoms in total. The summed E-state index contributed by atoms with van der Waals surface area (Å²) >= 11 is 5.97. The van der Waals surface area contributed by atoms with E-state index in [0.717, 1.165) is 11.6 Å². The molecule has 7 heteroatoms. The van der Waals surface area contributed by atoms with Crippen LogP contribution in [0.5, 0.6) is 0 Å². The summed E-state index contributed by atoms with van der Waals surface area (Å²) in [6.45, 7) is 0.257. The predicted molar refractivity (Wildman–Crippen MR) is 72.4 cm³/mol. The van der Waals surface area contributed by atoms with Crippen LogP contribution in [-0.2, 0) is 12.7 Å². The SMILES string of the molecule is Nc1ncc(C(F)(F)F)cc1NCc1ccccc1Cl. The van der Waals surface area contributed by atoms with Crippen LogP contribution < -0.4 is 11.1 Å². The molecule has 0 aliphatic heterocycles. The maximum Gasteiger partial charge on any atom is 0.417 e. The van der Waals surface area contributed by atoms with Crippen molar-refractivity contribution in [2.24, 2.45) is 0 Å². The van der Waals surface area contributed by atoms with Crippen LogP contribution in [-0.4, -0.2) is 4.98 Å². The number of hydrogen-bond donors (Lipinski definition) is 2. The second-order valence-corrected chi connectivity index (χ2v) is 4.51. The quantitative estimate of drug-likeness (QED) is 0.902. The zero-order valence-electron chi connectivity index (χ0n) is 10.2. The first-order valence-corrected chi connectivity index (χ1v) is 6.05. The van der Waals surface area contributed by atoms with Gasteiger partial charge < -0.3 is 11.1 Å². The number of nitrogens with zero attached hydrogens (tertiary/aromatic N) is 1. The van der Waals surface area contributed by atoms with Gasteiger partial charge in [0.15, 0.2) is 0 Å². The lowest BCUT2D eigenvalue weighted by Crippen LogP contribution is -2.10. The predicted octanol–water partition coefficient (Wildman–Crippen LogP) is 3.95. The number of nitrogen functional groups attached to an aromatic ring is 1. The summed E-state index contributed by atoms with van der Waals surface area (Å²) in [5.41, 5.74) is 5.59. The zero-order chi connectivity index (χ0) is 14.8. The van der Waals surface area contributed by atoms with E-state index in [-0.39, 0.29) is 18.1 Å². The molecule has 0 unspecified atom stereocenters. The summed E-state index contributed by atoms with van der Waals surface area (Å²) in [7, 11) is 0. The first-order valence-electron chi connectivity index (χ1n) is 5.68. The molecule has 0 amide bonds. The summed E-state index contributed by atoms with van der Waals surface area (Å²) in [5.74, 6) is 0.00468. The van der Waals surface area contributed by atoms with Crippen LogP contribution in [0.15, 0.2) is 36.5 Å². The second-order valence-electron chi connectivity index (χ2n) is 4.10. The van der Waals surface area contributed by atoms with Crippen LogP contribution in [0.3, 0.4) is 0 Å². The highest BCUT2D eigenvalue weighted by Gasteiger charge is 2.31. The number of benzene rings is 1. The van der Waals surface area contributed by atoms with Gasteiger partial charge in [-0.25, -0.2) is 4.98 Å². The minimum Gasteiger partial charge on any atom is -0.382 e. The van der Waals surface area contributed by atoms with E-state index in [2.05, 4.69) is 10.3 Å². The van der Waals surface area contributed by atoms with E-state index in [0.29, 0.717) is 11.2 Å². The number of hydrogen-bond acceptors (Lipinski definition) is 3. The van der Waals surface area contributed by atoms with Crippen LogP contribution in [0.25, 0.3) is 0 Å². The van der Waals surface area contributed by atoms with E-state index >= 15 is 0 Å². The molecule has 0 saturated carbocycles. The van der Waals surface area contributed by atoms with Crippen LogP contribution in [0, 0.1) is 0 Å². The molecule has 1 aromatic heterocycles. The number of nitrogens with two attached hydrogens (primary N) is 1. The molecular formula is C13H11ClF3N3. The molecule has 0 aliphatic rings. The Balaban J connectivity index is 2.19. The Morgan fingerprint density at radius 3 is 2.60 bits per heavy atom. The number of pyridine rings is 1. The van der Waals surface area contributed by atoms with E-state index in [9.17, 15) is 13.2 Å². The Morgan fingerprint density at radius 2 is 1.95 bits per heavy atom. The summed E-state index contributed by atoms with van der Waals surface area (Å²) < 4.78 is 37.8. The van der Waals surface area contributed by atoms with Gasteiger partial charge in [0.25, 0.3) is 0 Å². The standard InChI is InChI=1S/C13H11ClF3N3/c14-10-4-2-1-3-8(10)6-19-11-5-9(13(15,16)17)7-20-12(11)18/h1-5,7,19H,6H2,(H2,18,20). The van der Waals surface area contributed by atoms with E-state index < -0.39 is 11.7 Å². The highest BCUT2D eigenvalue weighted by Crippen LogP contribution is 2.32. The van der Waals surface area contributed by atoms with Crippen molar-refractivity contribution < 1.29 is 13.2 Å². The molecule has 1 aromatic carbocycles. The fourth-order valence-electron chi connectivity index (χ4n) is 1.60. The highest BCUT2D eigenvalue weighted by molar-refractivity contribution is 6.31. The van der Waals surface area contributed by atoms with Crippen LogP contribution in [0.2, 0.25) is 5.02 Å². The van der Waals surface area contributed by atoms with Gasteiger partial charge in [-0.3, -0.25) is 0 Å². The molecule has 0 radical (unpaired) electrons. The van der Waals surface area contributed by atoms with Gasteiger partial charge in [0.05, 0.1) is 11.3 Å². The summed E-state index contributed by atoms with van der Waals surface area (Å²) in [5, 5.41) is 3.34. The van der Waals surface area contributed by atoms with Gasteiger partial charge in [-0.2, -0.15) is 13.2 Å². The average molecular weight is 302 g/mol. The Kier molecular flexibility index (Phi) is 4.04. The first-order chi connectivity index (χ1) is 9.38. The van der Waals surface area contributed by atoms with Crippen molar-refractivity contribution >= 4 is 23.1 Å². The fraction of sp³-hybridized carbons (Fsp3) is 0.154. The summed E-state index contributed by atoms with van der Waals surface area (Å²) in [4.78, 5) is 3.54. The van der Waals surface area contributed by atoms with Crippen LogP contribution in [0.1, 0.15) is 11.1 Å². The van der Waals surface area contributed by atoms with Crippen molar-refractivity contribution in [1.29, 1.82) is 0 Å². The Hall–Kier alpha value is -1.95. The molecule has 0 spiro atoms. The summed E-state index contributed by atoms with van der Waals surface area (Å²) in [6.07, 6.45) is -3.75. The number of nitrogens with one attached hydrogen (secondary N) is 1. The lowest BCUT2D eigenvalue weighted by Gasteiger charge is -2.12. The number of anilines is 2. The van der Waals surface area contributed by atoms with Crippen molar-refractivity contribution in [3.63, 3.8) is 0 Å². The molecule has 0 fully saturated rings. The average Bonchev–Trinajstić information content (AvgIpc) is 2.38. The molecule has 0 aliphatic carbocycles. The molecule has 0 atom stereocenters. The Morgan fingerprint density at radius 1 is 1.25 bits per heavy atom.